The standard InChI is InChI=1S/C26H39BN4O5/c1-16(2)21(30-24(33)34-7)23(32)31-14-8-9-20(31)22-28-15-19(29-22)17-10-12-18(13-11-17)27-35-25(3,4)26(5,6)36-27/h10,12,15-16,20-21H,8-9,11,13-14H2,1-7H3,(H,28,29)(H,30,33)/t20-,21-/m0/s1. The minimum Gasteiger partial charge on any atom is -0.453 e. The van der Waals surface area contributed by atoms with Crippen LogP contribution in [0.15, 0.2) is 23.8 Å². The number of carbonyl (C=O) groups excluding carboxylic acids is 2. The summed E-state index contributed by atoms with van der Waals surface area (Å²) in [6.45, 7) is 12.7. The first-order chi connectivity index (χ1) is 16.9. The van der Waals surface area contributed by atoms with Crippen LogP contribution in [0.4, 0.5) is 4.79 Å². The Hall–Kier alpha value is -2.59. The summed E-state index contributed by atoms with van der Waals surface area (Å²) in [7, 11) is 0.976. The van der Waals surface area contributed by atoms with E-state index >= 15 is 0 Å². The monoisotopic (exact) mass is 498 g/mol. The number of carbonyl (C=O) groups is 2. The maximum atomic E-state index is 13.4. The fourth-order valence-corrected chi connectivity index (χ4v) is 4.93. The van der Waals surface area contributed by atoms with Gasteiger partial charge in [-0.2, -0.15) is 0 Å². The van der Waals surface area contributed by atoms with Gasteiger partial charge < -0.3 is 29.2 Å². The molecule has 10 heteroatoms. The van der Waals surface area contributed by atoms with E-state index in [1.54, 1.807) is 0 Å². The second kappa shape index (κ2) is 10.1. The molecule has 2 N–H and O–H groups in total. The van der Waals surface area contributed by atoms with Gasteiger partial charge in [0, 0.05) is 6.54 Å². The molecule has 4 rings (SSSR count). The molecular formula is C26H39BN4O5. The van der Waals surface area contributed by atoms with Gasteiger partial charge >= 0.3 is 13.2 Å². The van der Waals surface area contributed by atoms with Crippen molar-refractivity contribution in [2.45, 2.75) is 90.5 Å². The van der Waals surface area contributed by atoms with Gasteiger partial charge in [0.2, 0.25) is 5.91 Å². The first-order valence-electron chi connectivity index (χ1n) is 12.9. The van der Waals surface area contributed by atoms with Gasteiger partial charge in [-0.25, -0.2) is 9.78 Å². The third-order valence-corrected chi connectivity index (χ3v) is 7.92. The molecule has 2 atom stereocenters. The average Bonchev–Trinajstić information content (AvgIpc) is 3.54. The topological polar surface area (TPSA) is 106 Å². The zero-order chi connectivity index (χ0) is 26.3. The van der Waals surface area contributed by atoms with Gasteiger partial charge in [-0.1, -0.05) is 26.0 Å². The van der Waals surface area contributed by atoms with E-state index in [1.165, 1.54) is 7.11 Å². The van der Waals surface area contributed by atoms with E-state index in [2.05, 4.69) is 55.1 Å². The Labute approximate surface area is 214 Å². The molecule has 2 saturated heterocycles. The van der Waals surface area contributed by atoms with Gasteiger partial charge in [-0.15, -0.1) is 0 Å². The average molecular weight is 498 g/mol. The van der Waals surface area contributed by atoms with Crippen LogP contribution in [0.3, 0.4) is 0 Å². The number of rotatable bonds is 6. The highest BCUT2D eigenvalue weighted by atomic mass is 16.7. The number of H-pyrrole nitrogens is 1. The van der Waals surface area contributed by atoms with Crippen molar-refractivity contribution in [2.75, 3.05) is 13.7 Å². The van der Waals surface area contributed by atoms with Crippen molar-refractivity contribution in [2.24, 2.45) is 5.92 Å². The summed E-state index contributed by atoms with van der Waals surface area (Å²) in [6, 6.07) is -0.793. The van der Waals surface area contributed by atoms with Crippen molar-refractivity contribution in [1.29, 1.82) is 0 Å². The minimum atomic E-state index is -0.646. The van der Waals surface area contributed by atoms with Gasteiger partial charge in [0.1, 0.15) is 11.9 Å². The highest BCUT2D eigenvalue weighted by molar-refractivity contribution is 6.54. The lowest BCUT2D eigenvalue weighted by Gasteiger charge is -2.32. The van der Waals surface area contributed by atoms with E-state index in [0.29, 0.717) is 6.54 Å². The number of alkyl carbamates (subject to hydrolysis) is 1. The first kappa shape index (κ1) is 26.5. The van der Waals surface area contributed by atoms with Gasteiger partial charge in [-0.3, -0.25) is 4.79 Å². The van der Waals surface area contributed by atoms with Crippen LogP contribution in [0.1, 0.15) is 84.8 Å². The van der Waals surface area contributed by atoms with E-state index in [-0.39, 0.29) is 36.2 Å². The van der Waals surface area contributed by atoms with Crippen LogP contribution in [0.2, 0.25) is 0 Å². The van der Waals surface area contributed by atoms with Crippen molar-refractivity contribution < 1.29 is 23.6 Å². The van der Waals surface area contributed by atoms with Gasteiger partial charge in [0.05, 0.1) is 36.2 Å². The van der Waals surface area contributed by atoms with Crippen molar-refractivity contribution in [1.82, 2.24) is 20.2 Å². The highest BCUT2D eigenvalue weighted by Crippen LogP contribution is 2.41. The molecule has 0 radical (unpaired) electrons. The third kappa shape index (κ3) is 5.11. The number of likely N-dealkylation sites (tertiary alicyclic amines) is 1. The Balaban J connectivity index is 1.47. The molecule has 36 heavy (non-hydrogen) atoms. The summed E-state index contributed by atoms with van der Waals surface area (Å²) < 4.78 is 17.1. The highest BCUT2D eigenvalue weighted by Gasteiger charge is 2.52. The van der Waals surface area contributed by atoms with E-state index < -0.39 is 12.1 Å². The normalized spacial score (nSPS) is 23.9. The number of imidazole rings is 1. The zero-order valence-electron chi connectivity index (χ0n) is 22.5. The van der Waals surface area contributed by atoms with Crippen molar-refractivity contribution >= 4 is 24.7 Å². The minimum absolute atomic E-state index is 0.0673. The van der Waals surface area contributed by atoms with Gasteiger partial charge in [0.15, 0.2) is 0 Å². The molecule has 2 amide bonds. The Morgan fingerprint density at radius 1 is 1.19 bits per heavy atom. The predicted molar refractivity (Wildman–Crippen MR) is 138 cm³/mol. The molecule has 0 unspecified atom stereocenters. The molecule has 1 aromatic heterocycles. The smallest absolute Gasteiger partial charge is 0.453 e. The fraction of sp³-hybridized carbons (Fsp3) is 0.654. The van der Waals surface area contributed by atoms with Gasteiger partial charge in [0.25, 0.3) is 0 Å². The van der Waals surface area contributed by atoms with Crippen LogP contribution in [0, 0.1) is 5.92 Å². The number of nitrogens with one attached hydrogen (secondary N) is 2. The maximum Gasteiger partial charge on any atom is 0.490 e. The lowest BCUT2D eigenvalue weighted by molar-refractivity contribution is -0.135. The second-order valence-corrected chi connectivity index (χ2v) is 11.3. The molecule has 2 aliphatic heterocycles. The Morgan fingerprint density at radius 3 is 2.47 bits per heavy atom. The van der Waals surface area contributed by atoms with Crippen LogP contribution in [-0.2, 0) is 18.8 Å². The summed E-state index contributed by atoms with van der Waals surface area (Å²) in [5, 5.41) is 2.69. The predicted octanol–water partition coefficient (Wildman–Crippen LogP) is 4.19. The van der Waals surface area contributed by atoms with Crippen molar-refractivity contribution in [3.8, 4) is 0 Å². The summed E-state index contributed by atoms with van der Waals surface area (Å²) in [4.78, 5) is 35.1. The number of ether oxygens (including phenoxy) is 1. The van der Waals surface area contributed by atoms with Crippen LogP contribution in [0.25, 0.3) is 5.57 Å². The summed E-state index contributed by atoms with van der Waals surface area (Å²) in [5.74, 6) is 0.600. The fourth-order valence-electron chi connectivity index (χ4n) is 4.93. The Morgan fingerprint density at radius 2 is 1.89 bits per heavy atom. The van der Waals surface area contributed by atoms with E-state index in [4.69, 9.17) is 14.0 Å². The maximum absolute atomic E-state index is 13.4. The summed E-state index contributed by atoms with van der Waals surface area (Å²) in [6.07, 6.45) is 8.86. The number of allylic oxidation sites excluding steroid dienone is 4. The number of nitrogens with zero attached hydrogens (tertiary/aromatic N) is 2. The van der Waals surface area contributed by atoms with E-state index in [9.17, 15) is 9.59 Å². The second-order valence-electron chi connectivity index (χ2n) is 11.3. The molecule has 3 aliphatic rings. The van der Waals surface area contributed by atoms with Crippen LogP contribution in [-0.4, -0.2) is 64.9 Å². The molecule has 2 fully saturated rings. The molecular weight excluding hydrogens is 459 g/mol. The molecule has 1 aromatic rings. The number of aromatic nitrogens is 2. The molecule has 3 heterocycles. The lowest BCUT2D eigenvalue weighted by Crippen LogP contribution is -2.51. The first-order valence-corrected chi connectivity index (χ1v) is 12.9. The van der Waals surface area contributed by atoms with Crippen LogP contribution in [0.5, 0.6) is 0 Å². The lowest BCUT2D eigenvalue weighted by atomic mass is 9.73. The van der Waals surface area contributed by atoms with E-state index in [1.807, 2.05) is 24.9 Å². The zero-order valence-corrected chi connectivity index (χ0v) is 22.5. The molecule has 1 aliphatic carbocycles. The Bertz CT molecular complexity index is 1040. The number of amides is 2. The number of hydrogen-bond acceptors (Lipinski definition) is 6. The quantitative estimate of drug-likeness (QED) is 0.570. The van der Waals surface area contributed by atoms with Crippen molar-refractivity contribution in [3.63, 3.8) is 0 Å². The SMILES string of the molecule is COC(=O)N[C@H](C(=O)N1CCC[C@H]1c1ncc(C2=CC=C(B3OC(C)(C)C(C)(C)O3)CC2)[nH]1)C(C)C. The molecule has 0 aromatic carbocycles. The van der Waals surface area contributed by atoms with Crippen LogP contribution >= 0.6 is 0 Å². The largest absolute Gasteiger partial charge is 0.490 e. The van der Waals surface area contributed by atoms with E-state index in [0.717, 1.165) is 48.2 Å². The summed E-state index contributed by atoms with van der Waals surface area (Å²) >= 11 is 0. The number of methoxy groups -OCH3 is 1. The van der Waals surface area contributed by atoms with Crippen molar-refractivity contribution in [3.05, 3.63) is 35.3 Å². The number of aromatic amines is 1. The molecule has 0 saturated carbocycles. The molecule has 0 bridgehead atoms. The Kier molecular flexibility index (Phi) is 7.39. The number of hydrogen-bond donors (Lipinski definition) is 2. The summed E-state index contributed by atoms with van der Waals surface area (Å²) in [5.41, 5.74) is 2.56. The molecule has 0 spiro atoms. The molecule has 196 valence electrons. The van der Waals surface area contributed by atoms with Gasteiger partial charge in [-0.05, 0) is 70.3 Å². The van der Waals surface area contributed by atoms with Crippen LogP contribution < -0.4 is 5.32 Å². The third-order valence-electron chi connectivity index (χ3n) is 7.92. The molecule has 9 nitrogen and oxygen atoms in total.